The minimum Gasteiger partial charge on any atom is -0.477 e. The van der Waals surface area contributed by atoms with Gasteiger partial charge in [-0.25, -0.2) is 13.2 Å². The van der Waals surface area contributed by atoms with Gasteiger partial charge in [0.05, 0.1) is 3.79 Å². The maximum atomic E-state index is 12.5. The van der Waals surface area contributed by atoms with Crippen LogP contribution in [-0.2, 0) is 10.0 Å². The highest BCUT2D eigenvalue weighted by Crippen LogP contribution is 2.34. The highest BCUT2D eigenvalue weighted by atomic mass is 79.9. The lowest BCUT2D eigenvalue weighted by Crippen LogP contribution is -2.37. The molecule has 2 heterocycles. The molecule has 0 spiro atoms. The fourth-order valence-electron chi connectivity index (χ4n) is 2.00. The fourth-order valence-corrected chi connectivity index (χ4v) is 5.82. The zero-order chi connectivity index (χ0) is 14.2. The SMILES string of the molecule is CC1CCN(S(=O)(=O)c2cc(C(=O)O)sc2Br)CC1. The second kappa shape index (κ2) is 5.51. The van der Waals surface area contributed by atoms with Gasteiger partial charge in [0.2, 0.25) is 10.0 Å². The summed E-state index contributed by atoms with van der Waals surface area (Å²) in [4.78, 5) is 11.0. The van der Waals surface area contributed by atoms with Crippen molar-refractivity contribution in [3.8, 4) is 0 Å². The number of rotatable bonds is 3. The second-order valence-corrected chi connectivity index (χ2v) is 8.92. The third kappa shape index (κ3) is 3.01. The van der Waals surface area contributed by atoms with Crippen LogP contribution < -0.4 is 0 Å². The summed E-state index contributed by atoms with van der Waals surface area (Å²) in [5.41, 5.74) is 0. The van der Waals surface area contributed by atoms with Crippen LogP contribution in [0.5, 0.6) is 0 Å². The molecule has 0 amide bonds. The summed E-state index contributed by atoms with van der Waals surface area (Å²) in [5.74, 6) is -0.577. The first-order valence-corrected chi connectivity index (χ1v) is 8.90. The standard InChI is InChI=1S/C11H14BrNO4S2/c1-7-2-4-13(5-3-7)19(16,17)9-6-8(11(14)15)18-10(9)12/h6-7H,2-5H2,1H3,(H,14,15). The molecule has 8 heteroatoms. The van der Waals surface area contributed by atoms with Crippen LogP contribution in [-0.4, -0.2) is 36.9 Å². The van der Waals surface area contributed by atoms with E-state index in [1.54, 1.807) is 0 Å². The van der Waals surface area contributed by atoms with Crippen LogP contribution in [0.1, 0.15) is 29.4 Å². The summed E-state index contributed by atoms with van der Waals surface area (Å²) in [6.07, 6.45) is 1.68. The monoisotopic (exact) mass is 367 g/mol. The summed E-state index contributed by atoms with van der Waals surface area (Å²) in [5, 5.41) is 8.91. The van der Waals surface area contributed by atoms with Crippen molar-refractivity contribution in [2.75, 3.05) is 13.1 Å². The van der Waals surface area contributed by atoms with Gasteiger partial charge in [-0.2, -0.15) is 4.31 Å². The Morgan fingerprint density at radius 1 is 1.47 bits per heavy atom. The van der Waals surface area contributed by atoms with Crippen LogP contribution in [0.25, 0.3) is 0 Å². The predicted octanol–water partition coefficient (Wildman–Crippen LogP) is 2.63. The second-order valence-electron chi connectivity index (χ2n) is 4.64. The van der Waals surface area contributed by atoms with Crippen molar-refractivity contribution in [1.29, 1.82) is 0 Å². The average Bonchev–Trinajstić information content (AvgIpc) is 2.73. The van der Waals surface area contributed by atoms with E-state index in [0.717, 1.165) is 24.2 Å². The number of hydrogen-bond donors (Lipinski definition) is 1. The van der Waals surface area contributed by atoms with Crippen LogP contribution in [0.15, 0.2) is 14.7 Å². The van der Waals surface area contributed by atoms with E-state index in [-0.39, 0.29) is 9.77 Å². The smallest absolute Gasteiger partial charge is 0.345 e. The van der Waals surface area contributed by atoms with Gasteiger partial charge in [-0.05, 0) is 40.8 Å². The van der Waals surface area contributed by atoms with E-state index in [4.69, 9.17) is 5.11 Å². The van der Waals surface area contributed by atoms with Gasteiger partial charge in [0.25, 0.3) is 0 Å². The molecule has 0 radical (unpaired) electrons. The molecule has 5 nitrogen and oxygen atoms in total. The summed E-state index contributed by atoms with van der Waals surface area (Å²) in [6.45, 7) is 3.09. The largest absolute Gasteiger partial charge is 0.477 e. The van der Waals surface area contributed by atoms with Gasteiger partial charge in [0, 0.05) is 13.1 Å². The molecule has 106 valence electrons. The molecule has 0 atom stereocenters. The molecule has 1 N–H and O–H groups in total. The van der Waals surface area contributed by atoms with E-state index in [2.05, 4.69) is 22.9 Å². The van der Waals surface area contributed by atoms with E-state index in [9.17, 15) is 13.2 Å². The first kappa shape index (κ1) is 15.0. The van der Waals surface area contributed by atoms with Crippen molar-refractivity contribution >= 4 is 43.3 Å². The number of hydrogen-bond acceptors (Lipinski definition) is 4. The van der Waals surface area contributed by atoms with Crippen molar-refractivity contribution in [3.63, 3.8) is 0 Å². The van der Waals surface area contributed by atoms with Crippen molar-refractivity contribution in [3.05, 3.63) is 14.7 Å². The number of carboxylic acids is 1. The Hall–Kier alpha value is -0.440. The van der Waals surface area contributed by atoms with Crippen molar-refractivity contribution < 1.29 is 18.3 Å². The lowest BCUT2D eigenvalue weighted by atomic mass is 10.0. The average molecular weight is 368 g/mol. The number of carbonyl (C=O) groups is 1. The van der Waals surface area contributed by atoms with E-state index >= 15 is 0 Å². The van der Waals surface area contributed by atoms with Crippen molar-refractivity contribution in [2.45, 2.75) is 24.7 Å². The number of sulfonamides is 1. The third-order valence-corrected chi connectivity index (χ3v) is 7.37. The maximum absolute atomic E-state index is 12.5. The summed E-state index contributed by atoms with van der Waals surface area (Å²) in [7, 11) is -3.60. The molecule has 1 saturated heterocycles. The highest BCUT2D eigenvalue weighted by molar-refractivity contribution is 9.11. The van der Waals surface area contributed by atoms with Crippen LogP contribution in [0.2, 0.25) is 0 Å². The number of carboxylic acid groups (broad SMARTS) is 1. The molecule has 1 aromatic heterocycles. The van der Waals surface area contributed by atoms with Crippen LogP contribution in [0.3, 0.4) is 0 Å². The van der Waals surface area contributed by atoms with E-state index in [1.807, 2.05) is 0 Å². The Morgan fingerprint density at radius 3 is 2.53 bits per heavy atom. The first-order valence-electron chi connectivity index (χ1n) is 5.85. The van der Waals surface area contributed by atoms with Gasteiger partial charge < -0.3 is 5.11 Å². The Labute approximate surface area is 124 Å². The molecule has 0 aliphatic carbocycles. The zero-order valence-corrected chi connectivity index (χ0v) is 13.5. The zero-order valence-electron chi connectivity index (χ0n) is 10.3. The summed E-state index contributed by atoms with van der Waals surface area (Å²) < 4.78 is 26.7. The molecule has 1 aromatic rings. The summed E-state index contributed by atoms with van der Waals surface area (Å²) in [6, 6.07) is 1.23. The molecule has 0 aromatic carbocycles. The number of piperidine rings is 1. The fraction of sp³-hybridized carbons (Fsp3) is 0.545. The highest BCUT2D eigenvalue weighted by Gasteiger charge is 2.31. The Morgan fingerprint density at radius 2 is 2.05 bits per heavy atom. The van der Waals surface area contributed by atoms with E-state index in [1.165, 1.54) is 10.4 Å². The van der Waals surface area contributed by atoms with Crippen LogP contribution in [0, 0.1) is 5.92 Å². The molecular weight excluding hydrogens is 354 g/mol. The molecule has 0 saturated carbocycles. The normalized spacial score (nSPS) is 18.6. The number of nitrogens with zero attached hydrogens (tertiary/aromatic N) is 1. The lowest BCUT2D eigenvalue weighted by Gasteiger charge is -2.29. The van der Waals surface area contributed by atoms with Gasteiger partial charge in [-0.1, -0.05) is 6.92 Å². The minimum absolute atomic E-state index is 0.0239. The molecule has 2 rings (SSSR count). The Balaban J connectivity index is 2.32. The van der Waals surface area contributed by atoms with Gasteiger partial charge in [0.1, 0.15) is 9.77 Å². The number of halogens is 1. The van der Waals surface area contributed by atoms with E-state index in [0.29, 0.717) is 22.8 Å². The van der Waals surface area contributed by atoms with Crippen molar-refractivity contribution in [1.82, 2.24) is 4.31 Å². The Kier molecular flexibility index (Phi) is 4.34. The van der Waals surface area contributed by atoms with Gasteiger partial charge in [-0.15, -0.1) is 11.3 Å². The topological polar surface area (TPSA) is 74.7 Å². The van der Waals surface area contributed by atoms with Gasteiger partial charge in [0.15, 0.2) is 0 Å². The molecule has 1 aliphatic heterocycles. The van der Waals surface area contributed by atoms with Crippen LogP contribution in [0.4, 0.5) is 0 Å². The molecule has 1 aliphatic rings. The molecule has 0 bridgehead atoms. The first-order chi connectivity index (χ1) is 8.82. The molecular formula is C11H14BrNO4S2. The van der Waals surface area contributed by atoms with E-state index < -0.39 is 16.0 Å². The van der Waals surface area contributed by atoms with Gasteiger partial charge >= 0.3 is 5.97 Å². The third-order valence-electron chi connectivity index (χ3n) is 3.23. The molecule has 0 unspecified atom stereocenters. The quantitative estimate of drug-likeness (QED) is 0.890. The lowest BCUT2D eigenvalue weighted by molar-refractivity contribution is 0.0702. The molecule has 1 fully saturated rings. The van der Waals surface area contributed by atoms with Gasteiger partial charge in [-0.3, -0.25) is 0 Å². The van der Waals surface area contributed by atoms with Crippen molar-refractivity contribution in [2.24, 2.45) is 5.92 Å². The minimum atomic E-state index is -3.60. The summed E-state index contributed by atoms with van der Waals surface area (Å²) >= 11 is 4.07. The predicted molar refractivity (Wildman–Crippen MR) is 76.1 cm³/mol. The van der Waals surface area contributed by atoms with Crippen LogP contribution >= 0.6 is 27.3 Å². The number of thiophene rings is 1. The Bertz CT molecular complexity index is 588. The molecule has 19 heavy (non-hydrogen) atoms. The number of aromatic carboxylic acids is 1. The maximum Gasteiger partial charge on any atom is 0.345 e.